The van der Waals surface area contributed by atoms with Crippen LogP contribution in [0.25, 0.3) is 0 Å². The Bertz CT molecular complexity index is 930. The molecule has 31 heavy (non-hydrogen) atoms. The zero-order valence-corrected chi connectivity index (χ0v) is 19.6. The summed E-state index contributed by atoms with van der Waals surface area (Å²) in [6.07, 6.45) is 0. The molecular formula is C20H22BrN3O6S. The minimum atomic E-state index is -1.25. The van der Waals surface area contributed by atoms with E-state index in [1.165, 1.54) is 21.3 Å². The number of ether oxygens (including phenoxy) is 3. The molecule has 166 valence electrons. The standard InChI is InChI=1S/C20H22BrN3O6S/c1-28-7-6-23-15(25)10-31-19-12(9-22)16(17(18(26)24-19)20(27)30-3)11-4-5-14(29-2)13(21)8-11/h4-5,8,16-17H,6-7,10H2,1-3H3,(H,23,25)(H,24,26)/t16-,17+/m0/s1. The number of amides is 2. The number of carbonyl (C=O) groups is 3. The molecule has 0 aliphatic carbocycles. The van der Waals surface area contributed by atoms with Crippen molar-refractivity contribution in [1.29, 1.82) is 5.26 Å². The molecule has 9 nitrogen and oxygen atoms in total. The van der Waals surface area contributed by atoms with Crippen molar-refractivity contribution in [2.24, 2.45) is 5.92 Å². The number of nitrogens with one attached hydrogen (secondary N) is 2. The van der Waals surface area contributed by atoms with Crippen molar-refractivity contribution in [3.63, 3.8) is 0 Å². The number of hydrogen-bond donors (Lipinski definition) is 2. The topological polar surface area (TPSA) is 127 Å². The van der Waals surface area contributed by atoms with E-state index in [1.54, 1.807) is 18.2 Å². The second kappa shape index (κ2) is 11.7. The summed E-state index contributed by atoms with van der Waals surface area (Å²) in [7, 11) is 4.22. The third-order valence-electron chi connectivity index (χ3n) is 4.49. The van der Waals surface area contributed by atoms with Gasteiger partial charge in [0.25, 0.3) is 0 Å². The average Bonchev–Trinajstić information content (AvgIpc) is 2.76. The quantitative estimate of drug-likeness (QED) is 0.291. The van der Waals surface area contributed by atoms with Crippen molar-refractivity contribution >= 4 is 45.5 Å². The van der Waals surface area contributed by atoms with E-state index in [9.17, 15) is 19.6 Å². The van der Waals surface area contributed by atoms with E-state index in [-0.39, 0.29) is 22.3 Å². The molecule has 1 aromatic rings. The van der Waals surface area contributed by atoms with Crippen LogP contribution in [0, 0.1) is 17.2 Å². The first-order chi connectivity index (χ1) is 14.9. The SMILES string of the molecule is COCCNC(=O)CSC1=C(C#N)[C@H](c2ccc(OC)c(Br)c2)[C@@H](C(=O)OC)C(=O)N1. The van der Waals surface area contributed by atoms with Gasteiger partial charge in [-0.05, 0) is 33.6 Å². The van der Waals surface area contributed by atoms with Gasteiger partial charge < -0.3 is 24.8 Å². The van der Waals surface area contributed by atoms with Gasteiger partial charge in [-0.2, -0.15) is 5.26 Å². The molecule has 1 aliphatic rings. The maximum atomic E-state index is 12.8. The van der Waals surface area contributed by atoms with Crippen molar-refractivity contribution in [3.8, 4) is 11.8 Å². The van der Waals surface area contributed by atoms with Gasteiger partial charge in [-0.3, -0.25) is 14.4 Å². The zero-order chi connectivity index (χ0) is 23.0. The normalized spacial score (nSPS) is 18.1. The number of allylic oxidation sites excluding steroid dienone is 1. The largest absolute Gasteiger partial charge is 0.496 e. The molecule has 0 saturated heterocycles. The first kappa shape index (κ1) is 24.7. The summed E-state index contributed by atoms with van der Waals surface area (Å²) < 4.78 is 15.5. The van der Waals surface area contributed by atoms with Crippen LogP contribution in [-0.4, -0.2) is 58.0 Å². The highest BCUT2D eigenvalue weighted by atomic mass is 79.9. The molecule has 1 aliphatic heterocycles. The Hall–Kier alpha value is -2.55. The van der Waals surface area contributed by atoms with Gasteiger partial charge in [-0.25, -0.2) is 0 Å². The molecular weight excluding hydrogens is 490 g/mol. The Morgan fingerprint density at radius 3 is 2.65 bits per heavy atom. The molecule has 0 aromatic heterocycles. The zero-order valence-electron chi connectivity index (χ0n) is 17.2. The van der Waals surface area contributed by atoms with Crippen molar-refractivity contribution in [2.75, 3.05) is 40.2 Å². The van der Waals surface area contributed by atoms with Crippen molar-refractivity contribution in [1.82, 2.24) is 10.6 Å². The molecule has 0 saturated carbocycles. The van der Waals surface area contributed by atoms with E-state index >= 15 is 0 Å². The number of hydrogen-bond acceptors (Lipinski definition) is 8. The fourth-order valence-electron chi connectivity index (χ4n) is 3.04. The summed E-state index contributed by atoms with van der Waals surface area (Å²) in [6, 6.07) is 7.14. The van der Waals surface area contributed by atoms with Gasteiger partial charge in [0.15, 0.2) is 0 Å². The number of carbonyl (C=O) groups excluding carboxylic acids is 3. The average molecular weight is 512 g/mol. The van der Waals surface area contributed by atoms with Crippen LogP contribution in [0.1, 0.15) is 11.5 Å². The summed E-state index contributed by atoms with van der Waals surface area (Å²) >= 11 is 4.41. The Labute approximate surface area is 192 Å². The lowest BCUT2D eigenvalue weighted by atomic mass is 9.78. The van der Waals surface area contributed by atoms with E-state index in [0.29, 0.717) is 28.9 Å². The molecule has 0 spiro atoms. The number of halogens is 1. The van der Waals surface area contributed by atoms with Gasteiger partial charge in [-0.15, -0.1) is 0 Å². The van der Waals surface area contributed by atoms with Crippen molar-refractivity contribution in [2.45, 2.75) is 5.92 Å². The van der Waals surface area contributed by atoms with Gasteiger partial charge in [0, 0.05) is 19.6 Å². The highest BCUT2D eigenvalue weighted by molar-refractivity contribution is 9.10. The fraction of sp³-hybridized carbons (Fsp3) is 0.400. The second-order valence-electron chi connectivity index (χ2n) is 6.35. The highest BCUT2D eigenvalue weighted by Gasteiger charge is 2.44. The first-order valence-electron chi connectivity index (χ1n) is 9.12. The van der Waals surface area contributed by atoms with Gasteiger partial charge in [0.05, 0.1) is 47.7 Å². The molecule has 0 fully saturated rings. The molecule has 2 rings (SSSR count). The van der Waals surface area contributed by atoms with E-state index in [1.807, 2.05) is 0 Å². The van der Waals surface area contributed by atoms with E-state index in [4.69, 9.17) is 14.2 Å². The Morgan fingerprint density at radius 2 is 2.06 bits per heavy atom. The lowest BCUT2D eigenvalue weighted by Crippen LogP contribution is -2.44. The van der Waals surface area contributed by atoms with E-state index in [0.717, 1.165) is 11.8 Å². The molecule has 0 unspecified atom stereocenters. The summed E-state index contributed by atoms with van der Waals surface area (Å²) in [6.45, 7) is 0.716. The fourth-order valence-corrected chi connectivity index (χ4v) is 4.47. The van der Waals surface area contributed by atoms with Gasteiger partial charge in [0.2, 0.25) is 11.8 Å². The minimum absolute atomic E-state index is 0.0214. The predicted molar refractivity (Wildman–Crippen MR) is 117 cm³/mol. The van der Waals surface area contributed by atoms with E-state index < -0.39 is 23.7 Å². The van der Waals surface area contributed by atoms with Crippen LogP contribution < -0.4 is 15.4 Å². The van der Waals surface area contributed by atoms with Crippen molar-refractivity contribution < 1.29 is 28.6 Å². The summed E-state index contributed by atoms with van der Waals surface area (Å²) in [5, 5.41) is 15.4. The third-order valence-corrected chi connectivity index (χ3v) is 6.13. The molecule has 2 atom stereocenters. The number of methoxy groups -OCH3 is 3. The Morgan fingerprint density at radius 1 is 1.32 bits per heavy atom. The molecule has 1 heterocycles. The molecule has 2 amide bonds. The molecule has 11 heteroatoms. The minimum Gasteiger partial charge on any atom is -0.496 e. The van der Waals surface area contributed by atoms with Crippen LogP contribution >= 0.6 is 27.7 Å². The lowest BCUT2D eigenvalue weighted by Gasteiger charge is -2.31. The maximum absolute atomic E-state index is 12.8. The third kappa shape index (κ3) is 6.00. The van der Waals surface area contributed by atoms with Gasteiger partial charge in [-0.1, -0.05) is 17.8 Å². The summed E-state index contributed by atoms with van der Waals surface area (Å²) in [5.41, 5.74) is 0.721. The molecule has 1 aromatic carbocycles. The highest BCUT2D eigenvalue weighted by Crippen LogP contribution is 2.41. The number of nitrogens with zero attached hydrogens (tertiary/aromatic N) is 1. The van der Waals surface area contributed by atoms with Crippen LogP contribution in [0.4, 0.5) is 0 Å². The van der Waals surface area contributed by atoms with Crippen LogP contribution in [0.3, 0.4) is 0 Å². The second-order valence-corrected chi connectivity index (χ2v) is 8.19. The monoisotopic (exact) mass is 511 g/mol. The van der Waals surface area contributed by atoms with Crippen LogP contribution in [0.15, 0.2) is 33.3 Å². The summed E-state index contributed by atoms with van der Waals surface area (Å²) in [5.74, 6) is -3.24. The lowest BCUT2D eigenvalue weighted by molar-refractivity contribution is -0.150. The first-order valence-corrected chi connectivity index (χ1v) is 10.9. The molecule has 0 radical (unpaired) electrons. The smallest absolute Gasteiger partial charge is 0.319 e. The maximum Gasteiger partial charge on any atom is 0.319 e. The van der Waals surface area contributed by atoms with Crippen molar-refractivity contribution in [3.05, 3.63) is 38.8 Å². The van der Waals surface area contributed by atoms with Crippen LogP contribution in [0.2, 0.25) is 0 Å². The number of benzene rings is 1. The Kier molecular flexibility index (Phi) is 9.36. The number of thioether (sulfide) groups is 1. The predicted octanol–water partition coefficient (Wildman–Crippen LogP) is 1.69. The molecule has 0 bridgehead atoms. The van der Waals surface area contributed by atoms with Crippen LogP contribution in [-0.2, 0) is 23.9 Å². The van der Waals surface area contributed by atoms with Gasteiger partial charge in [0.1, 0.15) is 11.7 Å². The number of nitriles is 1. The number of rotatable bonds is 9. The summed E-state index contributed by atoms with van der Waals surface area (Å²) in [4.78, 5) is 37.2. The van der Waals surface area contributed by atoms with Gasteiger partial charge >= 0.3 is 5.97 Å². The Balaban J connectivity index is 2.42. The van der Waals surface area contributed by atoms with E-state index in [2.05, 4.69) is 32.6 Å². The van der Waals surface area contributed by atoms with Crippen LogP contribution in [0.5, 0.6) is 5.75 Å². The molecule has 2 N–H and O–H groups in total. The number of esters is 1.